The highest BCUT2D eigenvalue weighted by Gasteiger charge is 2.15. The second-order valence-electron chi connectivity index (χ2n) is 4.18. The Balaban J connectivity index is 1.87. The predicted octanol–water partition coefficient (Wildman–Crippen LogP) is 2.53. The van der Waals surface area contributed by atoms with Gasteiger partial charge in [0.25, 0.3) is 0 Å². The Morgan fingerprint density at radius 1 is 1.25 bits per heavy atom. The Morgan fingerprint density at radius 2 is 2.10 bits per heavy atom. The fraction of sp³-hybridized carbons (Fsp3) is 0.0714. The molecule has 1 N–H and O–H groups in total. The summed E-state index contributed by atoms with van der Waals surface area (Å²) >= 11 is 1.27. The number of halogens is 1. The Hall–Kier alpha value is -2.21. The number of hydrogen-bond acceptors (Lipinski definition) is 4. The number of hydrogen-bond donors (Lipinski definition) is 1. The van der Waals surface area contributed by atoms with Gasteiger partial charge in [-0.2, -0.15) is 5.10 Å². The summed E-state index contributed by atoms with van der Waals surface area (Å²) in [6.45, 7) is 0. The molecule has 2 aromatic rings. The van der Waals surface area contributed by atoms with Crippen LogP contribution in [0.1, 0.15) is 5.56 Å². The van der Waals surface area contributed by atoms with Gasteiger partial charge in [-0.25, -0.2) is 4.39 Å². The number of benzene rings is 2. The van der Waals surface area contributed by atoms with Crippen LogP contribution < -0.4 is 5.32 Å². The lowest BCUT2D eigenvalue weighted by atomic mass is 10.1. The Kier molecular flexibility index (Phi) is 3.47. The monoisotopic (exact) mass is 287 g/mol. The Bertz CT molecular complexity index is 742. The van der Waals surface area contributed by atoms with E-state index in [-0.39, 0.29) is 11.7 Å². The van der Waals surface area contributed by atoms with Crippen molar-refractivity contribution in [3.63, 3.8) is 0 Å². The first-order chi connectivity index (χ1) is 9.74. The van der Waals surface area contributed by atoms with Gasteiger partial charge in [-0.3, -0.25) is 4.79 Å². The van der Waals surface area contributed by atoms with Gasteiger partial charge in [0, 0.05) is 10.9 Å². The van der Waals surface area contributed by atoms with Crippen molar-refractivity contribution in [3.05, 3.63) is 47.8 Å². The molecule has 1 aliphatic heterocycles. The lowest BCUT2D eigenvalue weighted by molar-refractivity contribution is -0.116. The first-order valence-corrected chi connectivity index (χ1v) is 6.93. The Labute approximate surface area is 118 Å². The normalized spacial score (nSPS) is 17.2. The molecule has 0 spiro atoms. The van der Waals surface area contributed by atoms with Crippen molar-refractivity contribution < 1.29 is 9.18 Å². The van der Waals surface area contributed by atoms with Gasteiger partial charge in [-0.1, -0.05) is 42.1 Å². The van der Waals surface area contributed by atoms with Crippen LogP contribution in [0.15, 0.2) is 46.6 Å². The summed E-state index contributed by atoms with van der Waals surface area (Å²) in [5.74, 6) is -0.0745. The van der Waals surface area contributed by atoms with Crippen molar-refractivity contribution in [1.29, 1.82) is 0 Å². The molecule has 1 aliphatic rings. The van der Waals surface area contributed by atoms with E-state index in [1.807, 2.05) is 18.2 Å². The maximum Gasteiger partial charge on any atom is 0.236 e. The maximum atomic E-state index is 14.2. The van der Waals surface area contributed by atoms with Gasteiger partial charge >= 0.3 is 0 Å². The Morgan fingerprint density at radius 3 is 2.90 bits per heavy atom. The minimum atomic E-state index is -0.324. The number of thioether (sulfide) groups is 1. The van der Waals surface area contributed by atoms with Crippen LogP contribution in [0.3, 0.4) is 0 Å². The molecule has 100 valence electrons. The molecule has 0 saturated carbocycles. The molecule has 3 rings (SSSR count). The highest BCUT2D eigenvalue weighted by Crippen LogP contribution is 2.19. The zero-order valence-electron chi connectivity index (χ0n) is 10.3. The molecular formula is C14H10FN3OS. The summed E-state index contributed by atoms with van der Waals surface area (Å²) in [6.07, 6.45) is 1.35. The van der Waals surface area contributed by atoms with Gasteiger partial charge in [-0.15, -0.1) is 5.10 Å². The lowest BCUT2D eigenvalue weighted by Gasteiger charge is -2.01. The topological polar surface area (TPSA) is 53.8 Å². The van der Waals surface area contributed by atoms with Crippen LogP contribution in [0.2, 0.25) is 0 Å². The molecule has 0 radical (unpaired) electrons. The summed E-state index contributed by atoms with van der Waals surface area (Å²) in [5, 5.41) is 12.0. The molecular weight excluding hydrogens is 277 g/mol. The van der Waals surface area contributed by atoms with Crippen molar-refractivity contribution in [3.8, 4) is 0 Å². The fourth-order valence-electron chi connectivity index (χ4n) is 1.87. The third-order valence-corrected chi connectivity index (χ3v) is 3.69. The number of amidine groups is 1. The standard InChI is InChI=1S/C14H10FN3OS/c15-13-10(6-5-9-3-1-2-4-11(9)13)7-16-18-14-17-12(19)8-20-14/h1-7H,8H2,(H,17,18,19). The van der Waals surface area contributed by atoms with E-state index in [9.17, 15) is 9.18 Å². The lowest BCUT2D eigenvalue weighted by Crippen LogP contribution is -2.19. The third-order valence-electron chi connectivity index (χ3n) is 2.82. The van der Waals surface area contributed by atoms with Crippen LogP contribution in [-0.4, -0.2) is 23.0 Å². The molecule has 4 nitrogen and oxygen atoms in total. The summed E-state index contributed by atoms with van der Waals surface area (Å²) in [4.78, 5) is 11.0. The highest BCUT2D eigenvalue weighted by molar-refractivity contribution is 8.15. The number of nitrogens with zero attached hydrogens (tertiary/aromatic N) is 2. The number of fused-ring (bicyclic) bond motifs is 1. The summed E-state index contributed by atoms with van der Waals surface area (Å²) in [6, 6.07) is 10.7. The molecule has 1 amide bonds. The third kappa shape index (κ3) is 2.55. The van der Waals surface area contributed by atoms with Gasteiger partial charge in [-0.05, 0) is 11.5 Å². The van der Waals surface area contributed by atoms with Gasteiger partial charge in [0.2, 0.25) is 5.91 Å². The molecule has 1 heterocycles. The van der Waals surface area contributed by atoms with E-state index >= 15 is 0 Å². The minimum Gasteiger partial charge on any atom is -0.303 e. The molecule has 0 atom stereocenters. The van der Waals surface area contributed by atoms with Gasteiger partial charge in [0.1, 0.15) is 5.82 Å². The second kappa shape index (κ2) is 5.42. The van der Waals surface area contributed by atoms with Crippen LogP contribution in [0.4, 0.5) is 4.39 Å². The summed E-state index contributed by atoms with van der Waals surface area (Å²) in [5.41, 5.74) is 0.363. The number of nitrogens with one attached hydrogen (secondary N) is 1. The largest absolute Gasteiger partial charge is 0.303 e. The van der Waals surface area contributed by atoms with Crippen molar-refractivity contribution in [2.75, 3.05) is 5.75 Å². The van der Waals surface area contributed by atoms with Crippen LogP contribution in [-0.2, 0) is 4.79 Å². The fourth-order valence-corrected chi connectivity index (χ4v) is 2.50. The molecule has 2 aromatic carbocycles. The zero-order valence-corrected chi connectivity index (χ0v) is 11.2. The summed E-state index contributed by atoms with van der Waals surface area (Å²) in [7, 11) is 0. The van der Waals surface area contributed by atoms with Crippen molar-refractivity contribution in [1.82, 2.24) is 5.32 Å². The molecule has 0 aliphatic carbocycles. The molecule has 6 heteroatoms. The van der Waals surface area contributed by atoms with Crippen molar-refractivity contribution in [2.24, 2.45) is 10.2 Å². The molecule has 0 aromatic heterocycles. The molecule has 1 saturated heterocycles. The minimum absolute atomic E-state index is 0.0964. The zero-order chi connectivity index (χ0) is 13.9. The maximum absolute atomic E-state index is 14.2. The van der Waals surface area contributed by atoms with Crippen molar-refractivity contribution in [2.45, 2.75) is 0 Å². The van der Waals surface area contributed by atoms with Crippen LogP contribution in [0.5, 0.6) is 0 Å². The van der Waals surface area contributed by atoms with Gasteiger partial charge in [0.05, 0.1) is 12.0 Å². The molecule has 1 fully saturated rings. The van der Waals surface area contributed by atoms with E-state index < -0.39 is 0 Å². The van der Waals surface area contributed by atoms with Crippen LogP contribution >= 0.6 is 11.8 Å². The SMILES string of the molecule is O=C1CSC(=NN=Cc2ccc3ccccc3c2F)N1. The second-order valence-corrected chi connectivity index (χ2v) is 5.14. The van der Waals surface area contributed by atoms with Gasteiger partial charge < -0.3 is 5.32 Å². The summed E-state index contributed by atoms with van der Waals surface area (Å²) < 4.78 is 14.2. The molecule has 20 heavy (non-hydrogen) atoms. The molecule has 0 unspecified atom stereocenters. The van der Waals surface area contributed by atoms with E-state index in [0.717, 1.165) is 5.39 Å². The number of carbonyl (C=O) groups is 1. The van der Waals surface area contributed by atoms with E-state index in [1.165, 1.54) is 18.0 Å². The average molecular weight is 287 g/mol. The van der Waals surface area contributed by atoms with E-state index in [2.05, 4.69) is 15.5 Å². The van der Waals surface area contributed by atoms with E-state index in [1.54, 1.807) is 18.2 Å². The molecule has 0 bridgehead atoms. The quantitative estimate of drug-likeness (QED) is 0.681. The number of rotatable bonds is 2. The predicted molar refractivity (Wildman–Crippen MR) is 79.5 cm³/mol. The van der Waals surface area contributed by atoms with Crippen LogP contribution in [0.25, 0.3) is 10.8 Å². The number of carbonyl (C=O) groups excluding carboxylic acids is 1. The smallest absolute Gasteiger partial charge is 0.236 e. The first-order valence-electron chi connectivity index (χ1n) is 5.95. The van der Waals surface area contributed by atoms with Gasteiger partial charge in [0.15, 0.2) is 5.17 Å². The first kappa shape index (κ1) is 12.8. The van der Waals surface area contributed by atoms with E-state index in [0.29, 0.717) is 21.9 Å². The van der Waals surface area contributed by atoms with Crippen molar-refractivity contribution >= 4 is 39.8 Å². The average Bonchev–Trinajstić information content (AvgIpc) is 2.87. The highest BCUT2D eigenvalue weighted by atomic mass is 32.2. The van der Waals surface area contributed by atoms with Crippen LogP contribution in [0, 0.1) is 5.82 Å². The number of amides is 1. The van der Waals surface area contributed by atoms with E-state index in [4.69, 9.17) is 0 Å².